The average Bonchev–Trinajstić information content (AvgIpc) is 3.68. The normalized spacial score (nSPS) is 23.1. The number of unbranched alkanes of at least 4 members (excludes halogenated alkanes) is 4. The van der Waals surface area contributed by atoms with Crippen molar-refractivity contribution >= 4 is 63.8 Å². The number of hydrogen-bond acceptors (Lipinski definition) is 14. The molecule has 0 aromatic heterocycles. The van der Waals surface area contributed by atoms with Gasteiger partial charge in [0, 0.05) is 11.1 Å². The van der Waals surface area contributed by atoms with Crippen molar-refractivity contribution in [3.63, 3.8) is 0 Å². The quantitative estimate of drug-likeness (QED) is 0.0417. The number of anilines is 1. The number of carbonyl (C=O) groups is 6. The Labute approximate surface area is 487 Å². The average molecular weight is 1130 g/mol. The van der Waals surface area contributed by atoms with E-state index in [-0.39, 0.29) is 47.5 Å². The first-order chi connectivity index (χ1) is 40.5. The number of rotatable bonds is 21. The van der Waals surface area contributed by atoms with Crippen molar-refractivity contribution in [3.8, 4) is 23.0 Å². The molecule has 0 bridgehead atoms. The third kappa shape index (κ3) is 15.5. The summed E-state index contributed by atoms with van der Waals surface area (Å²) in [6, 6.07) is 29.7. The zero-order chi connectivity index (χ0) is 57.7. The zero-order valence-corrected chi connectivity index (χ0v) is 48.3. The fraction of sp³-hybridized carbons (Fsp3) is 0.493. The number of nitrogens with one attached hydrogen (secondary N) is 1. The standard InChI is InChI=1S/C69H80N2O12/c1-3-5-7-11-44-17-21-47(22-18-44)64(72)78-53-33-25-49(26-34-53)66(74)80-55-37-29-51(30-38-55)68(76)82-57-41-42-61(58(43-57)63-70-59-15-9-13-46-14-10-16-60(71-63)62(46)59)83-69(77)52-31-39-56(40-32-52)81-67(75)50-27-35-54(36-28-50)79-65(73)48-23-19-45(20-24-48)12-8-6-4-2/h9-10,13-16,25-28,33-36,41-45,47-48,51-52,55-56H,3-8,11-12,17-24,29-32,37-40H2,1-2H3,(H,70,71). The molecule has 4 aliphatic carbocycles. The summed E-state index contributed by atoms with van der Waals surface area (Å²) in [6.07, 6.45) is 20.5. The first-order valence-corrected chi connectivity index (χ1v) is 31.0. The molecule has 14 nitrogen and oxygen atoms in total. The van der Waals surface area contributed by atoms with Gasteiger partial charge in [-0.15, -0.1) is 0 Å². The lowest BCUT2D eigenvalue weighted by atomic mass is 9.80. The predicted molar refractivity (Wildman–Crippen MR) is 317 cm³/mol. The number of amidine groups is 1. The van der Waals surface area contributed by atoms with Crippen molar-refractivity contribution < 1.29 is 57.2 Å². The number of carbonyl (C=O) groups excluding carboxylic acids is 6. The Morgan fingerprint density at radius 2 is 0.880 bits per heavy atom. The van der Waals surface area contributed by atoms with E-state index in [0.717, 1.165) is 73.5 Å². The maximum atomic E-state index is 14.0. The van der Waals surface area contributed by atoms with Gasteiger partial charge in [0.15, 0.2) is 0 Å². The second kappa shape index (κ2) is 28.3. The Morgan fingerprint density at radius 1 is 0.458 bits per heavy atom. The summed E-state index contributed by atoms with van der Waals surface area (Å²) in [5.74, 6) is -0.205. The Hall–Kier alpha value is -7.35. The molecule has 0 saturated heterocycles. The maximum Gasteiger partial charge on any atom is 0.338 e. The van der Waals surface area contributed by atoms with Gasteiger partial charge in [-0.2, -0.15) is 0 Å². The Bertz CT molecular complexity index is 3100. The summed E-state index contributed by atoms with van der Waals surface area (Å²) in [5, 5.41) is 5.40. The van der Waals surface area contributed by atoms with E-state index in [1.807, 2.05) is 36.4 Å². The fourth-order valence-corrected chi connectivity index (χ4v) is 12.9. The topological polar surface area (TPSA) is 182 Å². The highest BCUT2D eigenvalue weighted by Crippen LogP contribution is 2.40. The maximum absolute atomic E-state index is 14.0. The molecule has 10 rings (SSSR count). The molecule has 1 N–H and O–H groups in total. The van der Waals surface area contributed by atoms with Gasteiger partial charge in [0.2, 0.25) is 0 Å². The molecule has 438 valence electrons. The second-order valence-corrected chi connectivity index (χ2v) is 23.8. The molecular formula is C69H80N2O12. The first kappa shape index (κ1) is 58.8. The first-order valence-electron chi connectivity index (χ1n) is 31.0. The van der Waals surface area contributed by atoms with Crippen molar-refractivity contribution in [1.82, 2.24) is 0 Å². The molecule has 0 atom stereocenters. The summed E-state index contributed by atoms with van der Waals surface area (Å²) in [4.78, 5) is 85.2. The molecule has 14 heteroatoms. The van der Waals surface area contributed by atoms with Gasteiger partial charge in [-0.05, 0) is 199 Å². The minimum absolute atomic E-state index is 0.0986. The molecule has 4 saturated carbocycles. The van der Waals surface area contributed by atoms with Crippen LogP contribution in [-0.2, 0) is 28.7 Å². The van der Waals surface area contributed by atoms with Crippen LogP contribution < -0.4 is 24.3 Å². The second-order valence-electron chi connectivity index (χ2n) is 23.8. The van der Waals surface area contributed by atoms with Gasteiger partial charge in [0.25, 0.3) is 0 Å². The van der Waals surface area contributed by atoms with E-state index < -0.39 is 35.7 Å². The summed E-state index contributed by atoms with van der Waals surface area (Å²) >= 11 is 0. The molecule has 0 unspecified atom stereocenters. The van der Waals surface area contributed by atoms with E-state index >= 15 is 0 Å². The molecule has 5 aliphatic rings. The van der Waals surface area contributed by atoms with Gasteiger partial charge in [-0.25, -0.2) is 14.6 Å². The van der Waals surface area contributed by atoms with Crippen LogP contribution in [0.4, 0.5) is 11.4 Å². The Morgan fingerprint density at radius 3 is 1.35 bits per heavy atom. The summed E-state index contributed by atoms with van der Waals surface area (Å²) in [7, 11) is 0. The number of ether oxygens (including phenoxy) is 6. The largest absolute Gasteiger partial charge is 0.459 e. The van der Waals surface area contributed by atoms with Crippen LogP contribution in [0.1, 0.15) is 194 Å². The molecule has 4 fully saturated rings. The van der Waals surface area contributed by atoms with Crippen LogP contribution in [0.5, 0.6) is 23.0 Å². The highest BCUT2D eigenvalue weighted by Gasteiger charge is 2.34. The highest BCUT2D eigenvalue weighted by atomic mass is 16.6. The number of hydrogen-bond donors (Lipinski definition) is 1. The fourth-order valence-electron chi connectivity index (χ4n) is 12.9. The van der Waals surface area contributed by atoms with Crippen LogP contribution in [0.2, 0.25) is 0 Å². The molecule has 0 amide bonds. The van der Waals surface area contributed by atoms with Crippen molar-refractivity contribution in [2.24, 2.45) is 40.5 Å². The lowest BCUT2D eigenvalue weighted by Crippen LogP contribution is -2.31. The zero-order valence-electron chi connectivity index (χ0n) is 48.3. The van der Waals surface area contributed by atoms with Gasteiger partial charge in [0.05, 0.1) is 46.0 Å². The molecule has 0 spiro atoms. The van der Waals surface area contributed by atoms with Crippen molar-refractivity contribution in [2.75, 3.05) is 5.32 Å². The van der Waals surface area contributed by atoms with E-state index in [4.69, 9.17) is 33.4 Å². The van der Waals surface area contributed by atoms with Gasteiger partial charge in [-0.1, -0.05) is 89.5 Å². The van der Waals surface area contributed by atoms with Crippen molar-refractivity contribution in [3.05, 3.63) is 120 Å². The van der Waals surface area contributed by atoms with Crippen LogP contribution >= 0.6 is 0 Å². The number of nitrogens with zero attached hydrogens (tertiary/aromatic N) is 1. The van der Waals surface area contributed by atoms with Crippen LogP contribution in [0.3, 0.4) is 0 Å². The van der Waals surface area contributed by atoms with Crippen LogP contribution in [0.15, 0.2) is 108 Å². The van der Waals surface area contributed by atoms with Crippen LogP contribution in [0, 0.1) is 35.5 Å². The van der Waals surface area contributed by atoms with Crippen LogP contribution in [-0.4, -0.2) is 53.9 Å². The van der Waals surface area contributed by atoms with E-state index in [0.29, 0.717) is 97.2 Å². The van der Waals surface area contributed by atoms with E-state index in [1.54, 1.807) is 66.7 Å². The van der Waals surface area contributed by atoms with E-state index in [9.17, 15) is 28.8 Å². The third-order valence-electron chi connectivity index (χ3n) is 18.0. The number of benzene rings is 5. The van der Waals surface area contributed by atoms with E-state index in [1.165, 1.54) is 51.4 Å². The van der Waals surface area contributed by atoms with Gasteiger partial charge >= 0.3 is 35.8 Å². The number of esters is 6. The van der Waals surface area contributed by atoms with Crippen molar-refractivity contribution in [2.45, 2.75) is 180 Å². The molecule has 83 heavy (non-hydrogen) atoms. The summed E-state index contributed by atoms with van der Waals surface area (Å²) in [6.45, 7) is 4.43. The molecule has 5 aromatic rings. The lowest BCUT2D eigenvalue weighted by Gasteiger charge is -2.28. The highest BCUT2D eigenvalue weighted by molar-refractivity contribution is 6.20. The molecule has 5 aromatic carbocycles. The van der Waals surface area contributed by atoms with Gasteiger partial charge in [0.1, 0.15) is 41.0 Å². The predicted octanol–water partition coefficient (Wildman–Crippen LogP) is 15.6. The minimum atomic E-state index is -0.479. The molecule has 0 radical (unpaired) electrons. The monoisotopic (exact) mass is 1130 g/mol. The van der Waals surface area contributed by atoms with Crippen molar-refractivity contribution in [1.29, 1.82) is 0 Å². The van der Waals surface area contributed by atoms with E-state index in [2.05, 4.69) is 19.2 Å². The third-order valence-corrected chi connectivity index (χ3v) is 18.0. The Kier molecular flexibility index (Phi) is 20.0. The Balaban J connectivity index is 0.703. The minimum Gasteiger partial charge on any atom is -0.459 e. The molecule has 1 heterocycles. The van der Waals surface area contributed by atoms with Gasteiger partial charge in [-0.3, -0.25) is 19.2 Å². The summed E-state index contributed by atoms with van der Waals surface area (Å²) < 4.78 is 35.5. The lowest BCUT2D eigenvalue weighted by molar-refractivity contribution is -0.141. The smallest absolute Gasteiger partial charge is 0.338 e. The number of aliphatic imine (C=N–C) groups is 1. The van der Waals surface area contributed by atoms with Gasteiger partial charge < -0.3 is 33.7 Å². The summed E-state index contributed by atoms with van der Waals surface area (Å²) in [5.41, 5.74) is 2.69. The van der Waals surface area contributed by atoms with Crippen LogP contribution in [0.25, 0.3) is 10.8 Å². The molecular weight excluding hydrogens is 1050 g/mol. The molecule has 1 aliphatic heterocycles. The SMILES string of the molecule is CCCCCC1CCC(C(=O)Oc2ccc(C(=O)OC3CCC(C(=O)Oc4ccc(OC(=O)C5CCC(OC(=O)c6ccc(OC(=O)C7CCC(CCCCC)CC7)cc6)CC5)c(C5=Nc6cccc7cccc(c67)N5)c4)CC3)cc2)CC1.